The molecule has 2 amide bonds. The van der Waals surface area contributed by atoms with E-state index in [0.717, 1.165) is 19.3 Å². The van der Waals surface area contributed by atoms with Gasteiger partial charge < -0.3 is 10.6 Å². The highest BCUT2D eigenvalue weighted by atomic mass is 32.2. The second-order valence-electron chi connectivity index (χ2n) is 6.81. The Labute approximate surface area is 160 Å². The van der Waals surface area contributed by atoms with Gasteiger partial charge >= 0.3 is 6.03 Å². The molecule has 6 nitrogen and oxygen atoms in total. The van der Waals surface area contributed by atoms with Crippen molar-refractivity contribution in [1.82, 2.24) is 10.0 Å². The first-order valence-corrected chi connectivity index (χ1v) is 10.6. The molecule has 0 heterocycles. The third kappa shape index (κ3) is 4.48. The van der Waals surface area contributed by atoms with Gasteiger partial charge in [0.25, 0.3) is 0 Å². The molecule has 2 aromatic rings. The number of benzene rings is 2. The van der Waals surface area contributed by atoms with Crippen molar-refractivity contribution in [1.29, 1.82) is 0 Å². The number of amides is 2. The Kier molecular flexibility index (Phi) is 5.82. The van der Waals surface area contributed by atoms with Crippen molar-refractivity contribution in [3.63, 3.8) is 0 Å². The number of hydrogen-bond acceptors (Lipinski definition) is 3. The van der Waals surface area contributed by atoms with Gasteiger partial charge in [0.15, 0.2) is 0 Å². The Morgan fingerprint density at radius 2 is 1.96 bits per heavy atom. The number of carbonyl (C=O) groups is 1. The number of fused-ring (bicyclic) bond motifs is 1. The fourth-order valence-corrected chi connectivity index (χ4v) is 4.53. The average molecular weight is 388 g/mol. The lowest BCUT2D eigenvalue weighted by Gasteiger charge is -2.25. The van der Waals surface area contributed by atoms with Gasteiger partial charge in [-0.05, 0) is 62.1 Å². The number of rotatable bonds is 5. The van der Waals surface area contributed by atoms with Crippen LogP contribution in [0.1, 0.15) is 35.4 Å². The number of carbonyl (C=O) groups excluding carboxylic acids is 1. The zero-order valence-electron chi connectivity index (χ0n) is 15.6. The van der Waals surface area contributed by atoms with E-state index in [1.807, 2.05) is 6.07 Å². The largest absolute Gasteiger partial charge is 0.337 e. The van der Waals surface area contributed by atoms with Crippen molar-refractivity contribution in [3.8, 4) is 0 Å². The summed E-state index contributed by atoms with van der Waals surface area (Å²) in [5, 5.41) is 5.64. The number of sulfonamides is 1. The van der Waals surface area contributed by atoms with Crippen LogP contribution in [0.5, 0.6) is 0 Å². The van der Waals surface area contributed by atoms with E-state index in [1.54, 1.807) is 19.1 Å². The Morgan fingerprint density at radius 3 is 2.74 bits per heavy atom. The molecule has 1 atom stereocenters. The molecule has 0 bridgehead atoms. The SMILES string of the molecule is CNS(=O)(=O)c1cc(NC(=O)NC[C@H]2CCCc3ccccc32)ccc1C. The molecule has 0 fully saturated rings. The maximum Gasteiger partial charge on any atom is 0.319 e. The highest BCUT2D eigenvalue weighted by molar-refractivity contribution is 7.89. The minimum absolute atomic E-state index is 0.156. The Balaban J connectivity index is 1.65. The van der Waals surface area contributed by atoms with Crippen LogP contribution in [0.15, 0.2) is 47.4 Å². The molecule has 0 aromatic heterocycles. The molecule has 3 N–H and O–H groups in total. The van der Waals surface area contributed by atoms with Crippen molar-refractivity contribution < 1.29 is 13.2 Å². The van der Waals surface area contributed by atoms with Crippen molar-refractivity contribution in [2.45, 2.75) is 37.0 Å². The lowest BCUT2D eigenvalue weighted by atomic mass is 9.83. The van der Waals surface area contributed by atoms with Gasteiger partial charge in [-0.3, -0.25) is 0 Å². The molecule has 1 aliphatic carbocycles. The smallest absolute Gasteiger partial charge is 0.319 e. The second kappa shape index (κ2) is 8.10. The summed E-state index contributed by atoms with van der Waals surface area (Å²) < 4.78 is 26.4. The first-order valence-electron chi connectivity index (χ1n) is 9.07. The highest BCUT2D eigenvalue weighted by Crippen LogP contribution is 2.30. The molecule has 0 radical (unpaired) electrons. The molecule has 27 heavy (non-hydrogen) atoms. The lowest BCUT2D eigenvalue weighted by Crippen LogP contribution is -2.33. The molecule has 0 unspecified atom stereocenters. The van der Waals surface area contributed by atoms with Crippen molar-refractivity contribution in [2.75, 3.05) is 18.9 Å². The van der Waals surface area contributed by atoms with E-state index in [9.17, 15) is 13.2 Å². The fraction of sp³-hybridized carbons (Fsp3) is 0.350. The van der Waals surface area contributed by atoms with E-state index < -0.39 is 10.0 Å². The van der Waals surface area contributed by atoms with Gasteiger partial charge in [0.2, 0.25) is 10.0 Å². The third-order valence-corrected chi connectivity index (χ3v) is 6.56. The molecule has 144 valence electrons. The second-order valence-corrected chi connectivity index (χ2v) is 8.67. The monoisotopic (exact) mass is 387 g/mol. The Hall–Kier alpha value is -2.38. The van der Waals surface area contributed by atoms with Crippen LogP contribution in [-0.4, -0.2) is 28.0 Å². The first kappa shape index (κ1) is 19.4. The fourth-order valence-electron chi connectivity index (χ4n) is 3.54. The van der Waals surface area contributed by atoms with E-state index in [2.05, 4.69) is 33.6 Å². The summed E-state index contributed by atoms with van der Waals surface area (Å²) in [6, 6.07) is 12.9. The molecular weight excluding hydrogens is 362 g/mol. The Bertz CT molecular complexity index is 941. The standard InChI is InChI=1S/C20H25N3O3S/c1-14-10-11-17(12-19(14)27(25,26)21-2)23-20(24)22-13-16-8-5-7-15-6-3-4-9-18(15)16/h3-4,6,9-12,16,21H,5,7-8,13H2,1-2H3,(H2,22,23,24)/t16-/m1/s1. The van der Waals surface area contributed by atoms with Crippen LogP contribution in [0.2, 0.25) is 0 Å². The molecule has 2 aromatic carbocycles. The summed E-state index contributed by atoms with van der Waals surface area (Å²) >= 11 is 0. The number of urea groups is 1. The van der Waals surface area contributed by atoms with Gasteiger partial charge in [-0.15, -0.1) is 0 Å². The summed E-state index contributed by atoms with van der Waals surface area (Å²) in [5.41, 5.74) is 3.73. The zero-order chi connectivity index (χ0) is 19.4. The highest BCUT2D eigenvalue weighted by Gasteiger charge is 2.20. The minimum atomic E-state index is -3.57. The zero-order valence-corrected chi connectivity index (χ0v) is 16.4. The summed E-state index contributed by atoms with van der Waals surface area (Å²) in [5.74, 6) is 0.305. The molecule has 0 saturated heterocycles. The summed E-state index contributed by atoms with van der Waals surface area (Å²) in [6.07, 6.45) is 3.26. The molecule has 3 rings (SSSR count). The Morgan fingerprint density at radius 1 is 1.19 bits per heavy atom. The number of nitrogens with one attached hydrogen (secondary N) is 3. The molecule has 0 spiro atoms. The maximum absolute atomic E-state index is 12.3. The number of hydrogen-bond donors (Lipinski definition) is 3. The van der Waals surface area contributed by atoms with Crippen LogP contribution >= 0.6 is 0 Å². The van der Waals surface area contributed by atoms with Gasteiger partial charge in [0.1, 0.15) is 0 Å². The number of anilines is 1. The molecule has 0 saturated carbocycles. The van der Waals surface area contributed by atoms with Crippen LogP contribution in [0.4, 0.5) is 10.5 Å². The van der Waals surface area contributed by atoms with E-state index in [-0.39, 0.29) is 10.9 Å². The van der Waals surface area contributed by atoms with E-state index in [0.29, 0.717) is 23.7 Å². The maximum atomic E-state index is 12.3. The van der Waals surface area contributed by atoms with Gasteiger partial charge in [-0.25, -0.2) is 17.9 Å². The third-order valence-electron chi connectivity index (χ3n) is 5.01. The van der Waals surface area contributed by atoms with E-state index in [1.165, 1.54) is 24.2 Å². The molecule has 7 heteroatoms. The van der Waals surface area contributed by atoms with Crippen molar-refractivity contribution in [3.05, 3.63) is 59.2 Å². The summed E-state index contributed by atoms with van der Waals surface area (Å²) in [4.78, 5) is 12.5. The predicted octanol–water partition coefficient (Wildman–Crippen LogP) is 3.14. The van der Waals surface area contributed by atoms with Crippen molar-refractivity contribution >= 4 is 21.7 Å². The quantitative estimate of drug-likeness (QED) is 0.736. The average Bonchev–Trinajstić information content (AvgIpc) is 2.67. The van der Waals surface area contributed by atoms with E-state index >= 15 is 0 Å². The van der Waals surface area contributed by atoms with Crippen LogP contribution < -0.4 is 15.4 Å². The van der Waals surface area contributed by atoms with Gasteiger partial charge in [0.05, 0.1) is 4.90 Å². The van der Waals surface area contributed by atoms with Gasteiger partial charge in [-0.1, -0.05) is 30.3 Å². The van der Waals surface area contributed by atoms with Crippen LogP contribution in [0.3, 0.4) is 0 Å². The lowest BCUT2D eigenvalue weighted by molar-refractivity contribution is 0.251. The molecular formula is C20H25N3O3S. The number of aryl methyl sites for hydroxylation is 2. The topological polar surface area (TPSA) is 87.3 Å². The van der Waals surface area contributed by atoms with Crippen molar-refractivity contribution in [2.24, 2.45) is 0 Å². The van der Waals surface area contributed by atoms with Crippen LogP contribution in [0.25, 0.3) is 0 Å². The predicted molar refractivity (Wildman–Crippen MR) is 107 cm³/mol. The van der Waals surface area contributed by atoms with Gasteiger partial charge in [-0.2, -0.15) is 0 Å². The summed E-state index contributed by atoms with van der Waals surface area (Å²) in [6.45, 7) is 2.27. The molecule has 0 aliphatic heterocycles. The van der Waals surface area contributed by atoms with E-state index in [4.69, 9.17) is 0 Å². The van der Waals surface area contributed by atoms with Crippen LogP contribution in [-0.2, 0) is 16.4 Å². The first-order chi connectivity index (χ1) is 12.9. The molecule has 1 aliphatic rings. The summed E-state index contributed by atoms with van der Waals surface area (Å²) in [7, 11) is -2.21. The van der Waals surface area contributed by atoms with Gasteiger partial charge in [0, 0.05) is 18.2 Å². The minimum Gasteiger partial charge on any atom is -0.337 e. The van der Waals surface area contributed by atoms with Crippen LogP contribution in [0, 0.1) is 6.92 Å². The normalized spacial score (nSPS) is 16.4.